The minimum Gasteiger partial charge on any atom is -0.494 e. The number of amides is 1. The van der Waals surface area contributed by atoms with Gasteiger partial charge < -0.3 is 14.5 Å². The van der Waals surface area contributed by atoms with Crippen LogP contribution in [0.4, 0.5) is 5.95 Å². The molecule has 0 spiro atoms. The molecule has 1 amide bonds. The van der Waals surface area contributed by atoms with Crippen LogP contribution >= 0.6 is 0 Å². The van der Waals surface area contributed by atoms with Crippen molar-refractivity contribution in [3.8, 4) is 5.75 Å². The Hall–Kier alpha value is -1.85. The molecule has 1 aliphatic heterocycles. The van der Waals surface area contributed by atoms with Gasteiger partial charge in [0.05, 0.1) is 19.5 Å². The number of carbonyl (C=O) groups excluding carboxylic acids is 1. The molecule has 0 saturated carbocycles. The maximum absolute atomic E-state index is 12.1. The van der Waals surface area contributed by atoms with Gasteiger partial charge in [-0.3, -0.25) is 4.79 Å². The van der Waals surface area contributed by atoms with Crippen LogP contribution in [0.3, 0.4) is 0 Å². The maximum Gasteiger partial charge on any atom is 0.225 e. The van der Waals surface area contributed by atoms with E-state index in [-0.39, 0.29) is 11.4 Å². The average Bonchev–Trinajstić information content (AvgIpc) is 2.79. The normalized spacial score (nSPS) is 19.0. The third-order valence-corrected chi connectivity index (χ3v) is 3.74. The van der Waals surface area contributed by atoms with Gasteiger partial charge in [-0.05, 0) is 20.8 Å². The highest BCUT2D eigenvalue weighted by Gasteiger charge is 2.36. The van der Waals surface area contributed by atoms with E-state index in [9.17, 15) is 4.79 Å². The summed E-state index contributed by atoms with van der Waals surface area (Å²) in [4.78, 5) is 24.6. The average molecular weight is 292 g/mol. The third-order valence-electron chi connectivity index (χ3n) is 3.74. The molecule has 0 aliphatic carbocycles. The highest BCUT2D eigenvalue weighted by molar-refractivity contribution is 5.79. The van der Waals surface area contributed by atoms with Gasteiger partial charge in [-0.25, -0.2) is 9.97 Å². The first-order valence-electron chi connectivity index (χ1n) is 7.19. The van der Waals surface area contributed by atoms with Crippen LogP contribution in [0, 0.1) is 5.92 Å². The maximum atomic E-state index is 12.1. The molecule has 1 aromatic heterocycles. The van der Waals surface area contributed by atoms with Gasteiger partial charge in [0.25, 0.3) is 0 Å². The lowest BCUT2D eigenvalue weighted by Crippen LogP contribution is -2.42. The molecule has 6 heteroatoms. The summed E-state index contributed by atoms with van der Waals surface area (Å²) in [5.41, 5.74) is -0.110. The summed E-state index contributed by atoms with van der Waals surface area (Å²) >= 11 is 0. The number of anilines is 1. The second-order valence-electron chi connectivity index (χ2n) is 6.55. The van der Waals surface area contributed by atoms with Gasteiger partial charge in [-0.2, -0.15) is 0 Å². The standard InChI is InChI=1S/C15H24N4O2/c1-15(2,3)19-10-11(6-13(19)20)9-18(4)14-16-7-12(21-5)8-17-14/h7-8,11H,6,9-10H2,1-5H3. The molecule has 0 bridgehead atoms. The summed E-state index contributed by atoms with van der Waals surface area (Å²) in [6.45, 7) is 7.78. The van der Waals surface area contributed by atoms with Crippen LogP contribution in [0.2, 0.25) is 0 Å². The van der Waals surface area contributed by atoms with Gasteiger partial charge in [0, 0.05) is 38.0 Å². The zero-order chi connectivity index (χ0) is 15.6. The van der Waals surface area contributed by atoms with Crippen molar-refractivity contribution in [2.75, 3.05) is 32.1 Å². The molecule has 1 fully saturated rings. The number of hydrogen-bond donors (Lipinski definition) is 0. The monoisotopic (exact) mass is 292 g/mol. The van der Waals surface area contributed by atoms with Crippen molar-refractivity contribution in [2.24, 2.45) is 5.92 Å². The molecular weight excluding hydrogens is 268 g/mol. The van der Waals surface area contributed by atoms with E-state index in [2.05, 4.69) is 30.7 Å². The Kier molecular flexibility index (Phi) is 4.34. The van der Waals surface area contributed by atoms with Gasteiger partial charge in [0.15, 0.2) is 5.75 Å². The minimum atomic E-state index is -0.110. The predicted octanol–water partition coefficient (Wildman–Crippen LogP) is 1.57. The third kappa shape index (κ3) is 3.62. The molecule has 1 saturated heterocycles. The van der Waals surface area contributed by atoms with Crippen LogP contribution in [-0.2, 0) is 4.79 Å². The lowest BCUT2D eigenvalue weighted by atomic mass is 10.1. The van der Waals surface area contributed by atoms with Crippen molar-refractivity contribution in [1.82, 2.24) is 14.9 Å². The molecular formula is C15H24N4O2. The van der Waals surface area contributed by atoms with Gasteiger partial charge in [-0.1, -0.05) is 0 Å². The first-order chi connectivity index (χ1) is 9.81. The van der Waals surface area contributed by atoms with Gasteiger partial charge >= 0.3 is 0 Å². The number of hydrogen-bond acceptors (Lipinski definition) is 5. The second-order valence-corrected chi connectivity index (χ2v) is 6.55. The fourth-order valence-electron chi connectivity index (χ4n) is 2.63. The van der Waals surface area contributed by atoms with Crippen LogP contribution in [0.15, 0.2) is 12.4 Å². The summed E-state index contributed by atoms with van der Waals surface area (Å²) in [6.07, 6.45) is 3.90. The second kappa shape index (κ2) is 5.87. The number of ether oxygens (including phenoxy) is 1. The predicted molar refractivity (Wildman–Crippen MR) is 81.4 cm³/mol. The molecule has 21 heavy (non-hydrogen) atoms. The van der Waals surface area contributed by atoms with Crippen molar-refractivity contribution >= 4 is 11.9 Å². The molecule has 2 rings (SSSR count). The fraction of sp³-hybridized carbons (Fsp3) is 0.667. The van der Waals surface area contributed by atoms with Crippen molar-refractivity contribution < 1.29 is 9.53 Å². The number of methoxy groups -OCH3 is 1. The molecule has 1 aliphatic rings. The molecule has 1 unspecified atom stereocenters. The number of carbonyl (C=O) groups is 1. The van der Waals surface area contributed by atoms with Crippen LogP contribution < -0.4 is 9.64 Å². The van der Waals surface area contributed by atoms with E-state index in [0.29, 0.717) is 24.0 Å². The number of likely N-dealkylation sites (tertiary alicyclic amines) is 1. The Balaban J connectivity index is 1.97. The highest BCUT2D eigenvalue weighted by Crippen LogP contribution is 2.26. The zero-order valence-electron chi connectivity index (χ0n) is 13.5. The largest absolute Gasteiger partial charge is 0.494 e. The number of nitrogens with zero attached hydrogens (tertiary/aromatic N) is 4. The lowest BCUT2D eigenvalue weighted by Gasteiger charge is -2.32. The summed E-state index contributed by atoms with van der Waals surface area (Å²) < 4.78 is 5.05. The molecule has 2 heterocycles. The van der Waals surface area contributed by atoms with Crippen molar-refractivity contribution in [1.29, 1.82) is 0 Å². The van der Waals surface area contributed by atoms with Gasteiger partial charge in [0.1, 0.15) is 0 Å². The van der Waals surface area contributed by atoms with E-state index in [0.717, 1.165) is 13.1 Å². The Bertz CT molecular complexity index is 495. The number of aromatic nitrogens is 2. The fourth-order valence-corrected chi connectivity index (χ4v) is 2.63. The van der Waals surface area contributed by atoms with E-state index in [1.165, 1.54) is 0 Å². The zero-order valence-corrected chi connectivity index (χ0v) is 13.5. The van der Waals surface area contributed by atoms with Gasteiger partial charge in [-0.15, -0.1) is 0 Å². The van der Waals surface area contributed by atoms with E-state index in [4.69, 9.17) is 4.74 Å². The Morgan fingerprint density at radius 2 is 2.00 bits per heavy atom. The van der Waals surface area contributed by atoms with Crippen LogP contribution in [0.25, 0.3) is 0 Å². The molecule has 0 radical (unpaired) electrons. The van der Waals surface area contributed by atoms with Crippen molar-refractivity contribution in [3.63, 3.8) is 0 Å². The summed E-state index contributed by atoms with van der Waals surface area (Å²) in [6, 6.07) is 0. The van der Waals surface area contributed by atoms with E-state index >= 15 is 0 Å². The minimum absolute atomic E-state index is 0.110. The Labute approximate surface area is 126 Å². The van der Waals surface area contributed by atoms with Gasteiger partial charge in [0.2, 0.25) is 11.9 Å². The van der Waals surface area contributed by atoms with Crippen LogP contribution in [0.5, 0.6) is 5.75 Å². The molecule has 0 N–H and O–H groups in total. The summed E-state index contributed by atoms with van der Waals surface area (Å²) in [7, 11) is 3.54. The quantitative estimate of drug-likeness (QED) is 0.843. The van der Waals surface area contributed by atoms with E-state index in [1.54, 1.807) is 19.5 Å². The summed E-state index contributed by atoms with van der Waals surface area (Å²) in [5.74, 6) is 1.84. The first-order valence-corrected chi connectivity index (χ1v) is 7.19. The molecule has 6 nitrogen and oxygen atoms in total. The molecule has 1 aromatic rings. The molecule has 116 valence electrons. The Morgan fingerprint density at radius 1 is 1.38 bits per heavy atom. The van der Waals surface area contributed by atoms with E-state index < -0.39 is 0 Å². The first kappa shape index (κ1) is 15.5. The summed E-state index contributed by atoms with van der Waals surface area (Å²) in [5, 5.41) is 0. The van der Waals surface area contributed by atoms with Crippen LogP contribution in [0.1, 0.15) is 27.2 Å². The van der Waals surface area contributed by atoms with Crippen LogP contribution in [-0.4, -0.2) is 53.6 Å². The number of rotatable bonds is 4. The van der Waals surface area contributed by atoms with Crippen molar-refractivity contribution in [2.45, 2.75) is 32.7 Å². The van der Waals surface area contributed by atoms with Crippen molar-refractivity contribution in [3.05, 3.63) is 12.4 Å². The lowest BCUT2D eigenvalue weighted by molar-refractivity contribution is -0.131. The van der Waals surface area contributed by atoms with E-state index in [1.807, 2.05) is 16.8 Å². The highest BCUT2D eigenvalue weighted by atomic mass is 16.5. The topological polar surface area (TPSA) is 58.6 Å². The molecule has 0 aromatic carbocycles. The smallest absolute Gasteiger partial charge is 0.225 e. The Morgan fingerprint density at radius 3 is 2.48 bits per heavy atom. The molecule has 1 atom stereocenters. The SMILES string of the molecule is COc1cnc(N(C)CC2CC(=O)N(C(C)(C)C)C2)nc1.